The van der Waals surface area contributed by atoms with E-state index >= 15 is 0 Å². The number of likely N-dealkylation sites (tertiary alicyclic amines) is 1. The predicted octanol–water partition coefficient (Wildman–Crippen LogP) is 7.92. The molecule has 1 N–H and O–H groups in total. The molecule has 1 aliphatic carbocycles. The van der Waals surface area contributed by atoms with E-state index in [1.807, 2.05) is 52.0 Å². The van der Waals surface area contributed by atoms with Gasteiger partial charge in [0.15, 0.2) is 0 Å². The zero-order valence-corrected chi connectivity index (χ0v) is 25.5. The van der Waals surface area contributed by atoms with Gasteiger partial charge < -0.3 is 10.1 Å². The van der Waals surface area contributed by atoms with E-state index in [1.165, 1.54) is 17.2 Å². The number of nitrogens with zero attached hydrogens (tertiary/aromatic N) is 4. The number of rotatable bonds is 8. The van der Waals surface area contributed by atoms with E-state index in [4.69, 9.17) is 4.74 Å². The number of carbonyl (C=O) groups excluding carboxylic acids is 1. The maximum Gasteiger partial charge on any atom is 0.435 e. The number of nitrogens with one attached hydrogen (secondary N) is 1. The van der Waals surface area contributed by atoms with Crippen LogP contribution in [0.3, 0.4) is 0 Å². The molecule has 43 heavy (non-hydrogen) atoms. The van der Waals surface area contributed by atoms with Gasteiger partial charge in [0.25, 0.3) is 0 Å². The second kappa shape index (κ2) is 12.7. The van der Waals surface area contributed by atoms with Crippen molar-refractivity contribution >= 4 is 11.8 Å². The van der Waals surface area contributed by atoms with Crippen LogP contribution in [0.2, 0.25) is 0 Å². The molecule has 2 aromatic heterocycles. The smallest absolute Gasteiger partial charge is 0.435 e. The van der Waals surface area contributed by atoms with Crippen LogP contribution in [0.15, 0.2) is 42.7 Å². The molecule has 0 radical (unpaired) electrons. The summed E-state index contributed by atoms with van der Waals surface area (Å²) in [6.07, 6.45) is 4.80. The SMILES string of the molecule is Cc1cn(C(=O)OC(C)(C)C)nc1C(c1cccc(NCc2ncc(CN3CCCCC3)cc2C(F)(F)F)c1)C1CCC1. The number of aryl methyl sites for hydroxylation is 1. The van der Waals surface area contributed by atoms with Crippen molar-refractivity contribution < 1.29 is 22.7 Å². The summed E-state index contributed by atoms with van der Waals surface area (Å²) in [7, 11) is 0. The maximum absolute atomic E-state index is 14.1. The zero-order chi connectivity index (χ0) is 30.8. The lowest BCUT2D eigenvalue weighted by Crippen LogP contribution is -2.29. The fourth-order valence-electron chi connectivity index (χ4n) is 6.02. The molecule has 0 spiro atoms. The minimum atomic E-state index is -4.50. The molecule has 10 heteroatoms. The first-order valence-corrected chi connectivity index (χ1v) is 15.3. The molecule has 1 saturated heterocycles. The van der Waals surface area contributed by atoms with Crippen molar-refractivity contribution in [3.63, 3.8) is 0 Å². The van der Waals surface area contributed by atoms with E-state index in [0.717, 1.165) is 62.0 Å². The first-order chi connectivity index (χ1) is 20.4. The Kier molecular flexibility index (Phi) is 9.15. The lowest BCUT2D eigenvalue weighted by Gasteiger charge is -2.34. The summed E-state index contributed by atoms with van der Waals surface area (Å²) < 4.78 is 49.0. The number of benzene rings is 1. The van der Waals surface area contributed by atoms with Crippen molar-refractivity contribution in [3.8, 4) is 0 Å². The quantitative estimate of drug-likeness (QED) is 0.284. The van der Waals surface area contributed by atoms with Crippen molar-refractivity contribution in [2.24, 2.45) is 5.92 Å². The van der Waals surface area contributed by atoms with Gasteiger partial charge in [-0.1, -0.05) is 25.0 Å². The van der Waals surface area contributed by atoms with Crippen LogP contribution in [0, 0.1) is 12.8 Å². The molecule has 1 aromatic carbocycles. The number of hydrogen-bond donors (Lipinski definition) is 1. The van der Waals surface area contributed by atoms with Crippen molar-refractivity contribution in [1.29, 1.82) is 0 Å². The molecule has 1 unspecified atom stereocenters. The van der Waals surface area contributed by atoms with Gasteiger partial charge in [-0.05, 0) is 107 Å². The standard InChI is InChI=1S/C33H42F3N5O2/c1-22-20-41(31(42)43-32(2,3)4)39-30(22)29(24-10-8-11-24)25-12-9-13-26(17-25)37-19-28-27(33(34,35)36)16-23(18-38-28)21-40-14-6-5-7-15-40/h9,12-13,16-18,20,24,29,37H,5-8,10-11,14-15,19,21H2,1-4H3. The van der Waals surface area contributed by atoms with Crippen LogP contribution in [0.25, 0.3) is 0 Å². The molecule has 0 bridgehead atoms. The minimum Gasteiger partial charge on any atom is -0.442 e. The molecule has 232 valence electrons. The lowest BCUT2D eigenvalue weighted by atomic mass is 9.71. The molecule has 0 amide bonds. The summed E-state index contributed by atoms with van der Waals surface area (Å²) in [4.78, 5) is 19.2. The molecule has 1 aliphatic heterocycles. The fourth-order valence-corrected chi connectivity index (χ4v) is 6.02. The summed E-state index contributed by atoms with van der Waals surface area (Å²) >= 11 is 0. The Bertz CT molecular complexity index is 1420. The average molecular weight is 598 g/mol. The van der Waals surface area contributed by atoms with Gasteiger partial charge >= 0.3 is 12.3 Å². The van der Waals surface area contributed by atoms with Gasteiger partial charge in [-0.15, -0.1) is 0 Å². The third kappa shape index (κ3) is 7.77. The Labute approximate surface area is 251 Å². The van der Waals surface area contributed by atoms with Crippen molar-refractivity contribution in [2.75, 3.05) is 18.4 Å². The summed E-state index contributed by atoms with van der Waals surface area (Å²) in [6.45, 7) is 9.63. The second-order valence-electron chi connectivity index (χ2n) is 12.9. The molecule has 3 aromatic rings. The Morgan fingerprint density at radius 1 is 1.09 bits per heavy atom. The third-order valence-electron chi connectivity index (χ3n) is 8.32. The Morgan fingerprint density at radius 3 is 2.49 bits per heavy atom. The normalized spacial score (nSPS) is 17.4. The number of alkyl halides is 3. The van der Waals surface area contributed by atoms with Gasteiger partial charge in [0.2, 0.25) is 0 Å². The molecule has 1 saturated carbocycles. The highest BCUT2D eigenvalue weighted by Crippen LogP contribution is 2.44. The van der Waals surface area contributed by atoms with E-state index in [-0.39, 0.29) is 18.2 Å². The summed E-state index contributed by atoms with van der Waals surface area (Å²) in [6, 6.07) is 9.02. The first kappa shape index (κ1) is 31.0. The monoisotopic (exact) mass is 597 g/mol. The Morgan fingerprint density at radius 2 is 1.84 bits per heavy atom. The van der Waals surface area contributed by atoms with Crippen LogP contribution in [0.5, 0.6) is 0 Å². The first-order valence-electron chi connectivity index (χ1n) is 15.3. The zero-order valence-electron chi connectivity index (χ0n) is 25.5. The third-order valence-corrected chi connectivity index (χ3v) is 8.32. The molecular formula is C33H42F3N5O2. The van der Waals surface area contributed by atoms with Crippen LogP contribution < -0.4 is 5.32 Å². The van der Waals surface area contributed by atoms with E-state index in [0.29, 0.717) is 23.7 Å². The number of carbonyl (C=O) groups is 1. The van der Waals surface area contributed by atoms with Crippen LogP contribution >= 0.6 is 0 Å². The number of hydrogen-bond acceptors (Lipinski definition) is 6. The predicted molar refractivity (Wildman–Crippen MR) is 160 cm³/mol. The number of ether oxygens (including phenoxy) is 1. The van der Waals surface area contributed by atoms with Crippen LogP contribution in [0.1, 0.15) is 98.9 Å². The Balaban J connectivity index is 1.35. The van der Waals surface area contributed by atoms with Gasteiger partial charge in [0.1, 0.15) is 5.60 Å². The Hall–Kier alpha value is -3.40. The number of pyridine rings is 1. The number of anilines is 1. The van der Waals surface area contributed by atoms with Crippen LogP contribution in [-0.2, 0) is 24.0 Å². The molecular weight excluding hydrogens is 555 g/mol. The highest BCUT2D eigenvalue weighted by molar-refractivity contribution is 5.70. The highest BCUT2D eigenvalue weighted by Gasteiger charge is 2.35. The van der Waals surface area contributed by atoms with Crippen molar-refractivity contribution in [2.45, 2.75) is 97.0 Å². The number of piperidine rings is 1. The second-order valence-corrected chi connectivity index (χ2v) is 12.9. The van der Waals surface area contributed by atoms with Gasteiger partial charge in [0, 0.05) is 30.5 Å². The van der Waals surface area contributed by atoms with E-state index in [1.54, 1.807) is 12.4 Å². The maximum atomic E-state index is 14.1. The largest absolute Gasteiger partial charge is 0.442 e. The number of halogens is 3. The molecule has 5 rings (SSSR count). The molecule has 7 nitrogen and oxygen atoms in total. The van der Waals surface area contributed by atoms with Gasteiger partial charge in [-0.25, -0.2) is 4.79 Å². The number of aromatic nitrogens is 3. The lowest BCUT2D eigenvalue weighted by molar-refractivity contribution is -0.138. The van der Waals surface area contributed by atoms with Gasteiger partial charge in [-0.3, -0.25) is 9.88 Å². The van der Waals surface area contributed by atoms with Crippen LogP contribution in [-0.4, -0.2) is 44.4 Å². The topological polar surface area (TPSA) is 72.3 Å². The summed E-state index contributed by atoms with van der Waals surface area (Å²) in [5.41, 5.74) is 2.65. The fraction of sp³-hybridized carbons (Fsp3) is 0.545. The van der Waals surface area contributed by atoms with Gasteiger partial charge in [-0.2, -0.15) is 23.0 Å². The molecule has 2 fully saturated rings. The molecule has 3 heterocycles. The minimum absolute atomic E-state index is 0.0252. The highest BCUT2D eigenvalue weighted by atomic mass is 19.4. The van der Waals surface area contributed by atoms with E-state index in [9.17, 15) is 18.0 Å². The van der Waals surface area contributed by atoms with E-state index in [2.05, 4.69) is 20.3 Å². The van der Waals surface area contributed by atoms with Crippen LogP contribution in [0.4, 0.5) is 23.7 Å². The summed E-state index contributed by atoms with van der Waals surface area (Å²) in [5, 5.41) is 7.86. The molecule has 1 atom stereocenters. The summed E-state index contributed by atoms with van der Waals surface area (Å²) in [5.74, 6) is 0.319. The average Bonchev–Trinajstić information content (AvgIpc) is 3.30. The van der Waals surface area contributed by atoms with Gasteiger partial charge in [0.05, 0.1) is 23.5 Å². The van der Waals surface area contributed by atoms with E-state index < -0.39 is 23.4 Å². The van der Waals surface area contributed by atoms with Crippen molar-refractivity contribution in [1.82, 2.24) is 19.7 Å². The molecule has 2 aliphatic rings. The van der Waals surface area contributed by atoms with Crippen molar-refractivity contribution in [3.05, 3.63) is 76.4 Å².